The third-order valence-electron chi connectivity index (χ3n) is 5.05. The Balaban J connectivity index is 1.85. The van der Waals surface area contributed by atoms with Gasteiger partial charge >= 0.3 is 0 Å². The first-order valence-electron chi connectivity index (χ1n) is 10.3. The normalized spacial score (nSPS) is 11.8. The minimum Gasteiger partial charge on any atom is -0.495 e. The molecule has 0 saturated carbocycles. The second kappa shape index (κ2) is 10.1. The molecule has 4 aromatic rings. The van der Waals surface area contributed by atoms with Crippen molar-refractivity contribution < 1.29 is 9.53 Å². The Morgan fingerprint density at radius 3 is 2.27 bits per heavy atom. The SMILES string of the molecule is COc1ccc(-n2c(SC(C(=O)N(C)C)c3ccccc3)nnc2-c2ccccc2)cc1Cl. The van der Waals surface area contributed by atoms with E-state index in [0.29, 0.717) is 21.8 Å². The van der Waals surface area contributed by atoms with Gasteiger partial charge < -0.3 is 9.64 Å². The number of hydrogen-bond acceptors (Lipinski definition) is 5. The van der Waals surface area contributed by atoms with Crippen LogP contribution < -0.4 is 4.74 Å². The van der Waals surface area contributed by atoms with Gasteiger partial charge in [0.05, 0.1) is 17.8 Å². The minimum atomic E-state index is -0.485. The quantitative estimate of drug-likeness (QED) is 0.327. The molecule has 1 aromatic heterocycles. The fourth-order valence-electron chi connectivity index (χ4n) is 3.38. The van der Waals surface area contributed by atoms with Crippen LogP contribution in [0, 0.1) is 0 Å². The number of likely N-dealkylation sites (N-methyl/N-ethyl adjacent to an activating group) is 1. The first kappa shape index (κ1) is 22.9. The molecule has 33 heavy (non-hydrogen) atoms. The van der Waals surface area contributed by atoms with E-state index in [1.165, 1.54) is 11.8 Å². The van der Waals surface area contributed by atoms with Crippen molar-refractivity contribution in [1.29, 1.82) is 0 Å². The zero-order valence-corrected chi connectivity index (χ0v) is 20.0. The van der Waals surface area contributed by atoms with E-state index in [4.69, 9.17) is 16.3 Å². The van der Waals surface area contributed by atoms with E-state index >= 15 is 0 Å². The molecule has 0 fully saturated rings. The molecule has 3 aromatic carbocycles. The maximum atomic E-state index is 13.1. The van der Waals surface area contributed by atoms with Crippen LogP contribution in [0.25, 0.3) is 17.1 Å². The van der Waals surface area contributed by atoms with Crippen LogP contribution in [-0.2, 0) is 4.79 Å². The Bertz CT molecular complexity index is 1250. The molecule has 0 N–H and O–H groups in total. The van der Waals surface area contributed by atoms with Gasteiger partial charge in [-0.1, -0.05) is 84.0 Å². The van der Waals surface area contributed by atoms with Crippen molar-refractivity contribution >= 4 is 29.3 Å². The van der Waals surface area contributed by atoms with E-state index in [2.05, 4.69) is 10.2 Å². The van der Waals surface area contributed by atoms with Gasteiger partial charge in [0.2, 0.25) is 5.91 Å². The van der Waals surface area contributed by atoms with Gasteiger partial charge in [-0.25, -0.2) is 0 Å². The molecule has 0 radical (unpaired) electrons. The summed E-state index contributed by atoms with van der Waals surface area (Å²) in [5.41, 5.74) is 2.57. The molecule has 1 atom stereocenters. The van der Waals surface area contributed by atoms with E-state index in [0.717, 1.165) is 16.8 Å². The average molecular weight is 479 g/mol. The largest absolute Gasteiger partial charge is 0.495 e. The Labute approximate surface area is 202 Å². The summed E-state index contributed by atoms with van der Waals surface area (Å²) in [5, 5.41) is 9.53. The molecule has 1 heterocycles. The number of nitrogens with zero attached hydrogens (tertiary/aromatic N) is 4. The standard InChI is InChI=1S/C25H23ClN4O2S/c1-29(2)24(31)22(17-10-6-4-7-11-17)33-25-28-27-23(18-12-8-5-9-13-18)30(25)19-14-15-21(32-3)20(26)16-19/h4-16,22H,1-3H3. The lowest BCUT2D eigenvalue weighted by Gasteiger charge is -2.21. The van der Waals surface area contributed by atoms with Gasteiger partial charge in [-0.3, -0.25) is 9.36 Å². The minimum absolute atomic E-state index is 0.0326. The number of thioether (sulfide) groups is 1. The van der Waals surface area contributed by atoms with Gasteiger partial charge in [0.25, 0.3) is 0 Å². The van der Waals surface area contributed by atoms with Crippen molar-refractivity contribution in [3.63, 3.8) is 0 Å². The van der Waals surface area contributed by atoms with Gasteiger partial charge in [-0.05, 0) is 23.8 Å². The van der Waals surface area contributed by atoms with Crippen molar-refractivity contribution in [2.75, 3.05) is 21.2 Å². The van der Waals surface area contributed by atoms with Crippen molar-refractivity contribution in [3.8, 4) is 22.8 Å². The molecular weight excluding hydrogens is 456 g/mol. The van der Waals surface area contributed by atoms with E-state index in [-0.39, 0.29) is 5.91 Å². The summed E-state index contributed by atoms with van der Waals surface area (Å²) >= 11 is 7.80. The fraction of sp³-hybridized carbons (Fsp3) is 0.160. The van der Waals surface area contributed by atoms with Gasteiger partial charge in [-0.15, -0.1) is 10.2 Å². The molecule has 0 aliphatic heterocycles. The molecule has 6 nitrogen and oxygen atoms in total. The van der Waals surface area contributed by atoms with Crippen LogP contribution in [0.3, 0.4) is 0 Å². The molecule has 1 amide bonds. The number of benzene rings is 3. The average Bonchev–Trinajstić information content (AvgIpc) is 3.26. The van der Waals surface area contributed by atoms with Crippen molar-refractivity contribution in [2.24, 2.45) is 0 Å². The van der Waals surface area contributed by atoms with Crippen molar-refractivity contribution in [2.45, 2.75) is 10.4 Å². The Kier molecular flexibility index (Phi) is 7.01. The predicted molar refractivity (Wildman–Crippen MR) is 132 cm³/mol. The maximum Gasteiger partial charge on any atom is 0.240 e. The number of aromatic nitrogens is 3. The number of hydrogen-bond donors (Lipinski definition) is 0. The molecule has 0 spiro atoms. The first-order valence-corrected chi connectivity index (χ1v) is 11.5. The highest BCUT2D eigenvalue weighted by atomic mass is 35.5. The summed E-state index contributed by atoms with van der Waals surface area (Å²) in [4.78, 5) is 14.7. The molecule has 4 rings (SSSR count). The third-order valence-corrected chi connectivity index (χ3v) is 6.53. The van der Waals surface area contributed by atoms with Crippen LogP contribution >= 0.6 is 23.4 Å². The second-order valence-electron chi connectivity index (χ2n) is 7.47. The maximum absolute atomic E-state index is 13.1. The number of amides is 1. The van der Waals surface area contributed by atoms with E-state index in [9.17, 15) is 4.79 Å². The van der Waals surface area contributed by atoms with E-state index < -0.39 is 5.25 Å². The monoisotopic (exact) mass is 478 g/mol. The Morgan fingerprint density at radius 1 is 1.00 bits per heavy atom. The zero-order valence-electron chi connectivity index (χ0n) is 18.5. The highest BCUT2D eigenvalue weighted by molar-refractivity contribution is 8.00. The van der Waals surface area contributed by atoms with Crippen LogP contribution in [0.1, 0.15) is 10.8 Å². The van der Waals surface area contributed by atoms with Crippen LogP contribution in [-0.4, -0.2) is 46.8 Å². The number of halogens is 1. The fourth-order valence-corrected chi connectivity index (χ4v) is 4.83. The number of rotatable bonds is 7. The first-order chi connectivity index (χ1) is 16.0. The van der Waals surface area contributed by atoms with E-state index in [1.54, 1.807) is 32.2 Å². The van der Waals surface area contributed by atoms with Crippen molar-refractivity contribution in [3.05, 3.63) is 89.4 Å². The topological polar surface area (TPSA) is 60.2 Å². The summed E-state index contributed by atoms with van der Waals surface area (Å²) in [6.45, 7) is 0. The highest BCUT2D eigenvalue weighted by Crippen LogP contribution is 2.39. The molecule has 0 aliphatic rings. The lowest BCUT2D eigenvalue weighted by Crippen LogP contribution is -2.27. The Hall–Kier alpha value is -3.29. The summed E-state index contributed by atoms with van der Waals surface area (Å²) in [6, 6.07) is 25.0. The van der Waals surface area contributed by atoms with Crippen LogP contribution in [0.4, 0.5) is 0 Å². The van der Waals surface area contributed by atoms with E-state index in [1.807, 2.05) is 77.4 Å². The molecule has 1 unspecified atom stereocenters. The number of ether oxygens (including phenoxy) is 1. The lowest BCUT2D eigenvalue weighted by atomic mass is 10.1. The molecule has 0 bridgehead atoms. The van der Waals surface area contributed by atoms with Crippen LogP contribution in [0.15, 0.2) is 84.0 Å². The molecule has 168 valence electrons. The zero-order chi connectivity index (χ0) is 23.4. The molecule has 0 saturated heterocycles. The molecule has 0 aliphatic carbocycles. The second-order valence-corrected chi connectivity index (χ2v) is 8.95. The smallest absolute Gasteiger partial charge is 0.240 e. The number of carbonyl (C=O) groups excluding carboxylic acids is 1. The summed E-state index contributed by atoms with van der Waals surface area (Å²) in [7, 11) is 5.08. The van der Waals surface area contributed by atoms with Crippen molar-refractivity contribution in [1.82, 2.24) is 19.7 Å². The van der Waals surface area contributed by atoms with Gasteiger partial charge in [-0.2, -0.15) is 0 Å². The summed E-state index contributed by atoms with van der Waals surface area (Å²) in [5.74, 6) is 1.20. The van der Waals surface area contributed by atoms with Gasteiger partial charge in [0.1, 0.15) is 11.0 Å². The van der Waals surface area contributed by atoms with Crippen LogP contribution in [0.2, 0.25) is 5.02 Å². The predicted octanol–water partition coefficient (Wildman–Crippen LogP) is 5.52. The van der Waals surface area contributed by atoms with Crippen LogP contribution in [0.5, 0.6) is 5.75 Å². The highest BCUT2D eigenvalue weighted by Gasteiger charge is 2.27. The molecule has 8 heteroatoms. The number of carbonyl (C=O) groups is 1. The Morgan fingerprint density at radius 2 is 1.67 bits per heavy atom. The third kappa shape index (κ3) is 4.89. The summed E-state index contributed by atoms with van der Waals surface area (Å²) in [6.07, 6.45) is 0. The van der Waals surface area contributed by atoms with Gasteiger partial charge in [0.15, 0.2) is 11.0 Å². The lowest BCUT2D eigenvalue weighted by molar-refractivity contribution is -0.128. The molecular formula is C25H23ClN4O2S. The summed E-state index contributed by atoms with van der Waals surface area (Å²) < 4.78 is 7.24. The van der Waals surface area contributed by atoms with Gasteiger partial charge in [0, 0.05) is 19.7 Å². The number of methoxy groups -OCH3 is 1.